The van der Waals surface area contributed by atoms with Gasteiger partial charge in [-0.25, -0.2) is 8.42 Å². The Morgan fingerprint density at radius 2 is 2.19 bits per heavy atom. The fraction of sp³-hybridized carbons (Fsp3) is 0.600. The van der Waals surface area contributed by atoms with Crippen molar-refractivity contribution in [2.75, 3.05) is 20.2 Å². The highest BCUT2D eigenvalue weighted by Crippen LogP contribution is 2.31. The number of rotatable bonds is 5. The first-order chi connectivity index (χ1) is 10.0. The predicted molar refractivity (Wildman–Crippen MR) is 80.7 cm³/mol. The molecule has 0 aromatic heterocycles. The lowest BCUT2D eigenvalue weighted by Crippen LogP contribution is -2.39. The van der Waals surface area contributed by atoms with Crippen molar-refractivity contribution in [3.8, 4) is 5.75 Å². The molecule has 6 heteroatoms. The van der Waals surface area contributed by atoms with Crippen LogP contribution in [-0.4, -0.2) is 38.0 Å². The molecule has 0 amide bonds. The number of hydrogen-bond donors (Lipinski definition) is 1. The second-order valence-corrected chi connectivity index (χ2v) is 7.33. The van der Waals surface area contributed by atoms with Gasteiger partial charge in [-0.3, -0.25) is 0 Å². The van der Waals surface area contributed by atoms with E-state index < -0.39 is 10.0 Å². The molecule has 1 aliphatic rings. The van der Waals surface area contributed by atoms with E-state index in [2.05, 4.69) is 6.92 Å². The lowest BCUT2D eigenvalue weighted by molar-refractivity contribution is 0.260. The minimum atomic E-state index is -3.55. The van der Waals surface area contributed by atoms with Gasteiger partial charge in [0, 0.05) is 13.1 Å². The van der Waals surface area contributed by atoms with Gasteiger partial charge < -0.3 is 9.84 Å². The number of aliphatic hydroxyl groups is 1. The Morgan fingerprint density at radius 1 is 1.43 bits per heavy atom. The number of methoxy groups -OCH3 is 1. The summed E-state index contributed by atoms with van der Waals surface area (Å²) >= 11 is 0. The molecule has 1 heterocycles. The molecule has 1 saturated heterocycles. The van der Waals surface area contributed by atoms with E-state index in [0.717, 1.165) is 19.3 Å². The van der Waals surface area contributed by atoms with Crippen molar-refractivity contribution >= 4 is 10.0 Å². The van der Waals surface area contributed by atoms with Gasteiger partial charge >= 0.3 is 0 Å². The van der Waals surface area contributed by atoms with E-state index in [1.54, 1.807) is 16.4 Å². The van der Waals surface area contributed by atoms with Crippen molar-refractivity contribution in [2.24, 2.45) is 5.92 Å². The van der Waals surface area contributed by atoms with Gasteiger partial charge in [-0.05, 0) is 36.5 Å². The Hall–Kier alpha value is -1.11. The Kier molecular flexibility index (Phi) is 5.24. The maximum Gasteiger partial charge on any atom is 0.246 e. The smallest absolute Gasteiger partial charge is 0.246 e. The molecule has 5 nitrogen and oxygen atoms in total. The third-order valence-electron chi connectivity index (χ3n) is 4.09. The van der Waals surface area contributed by atoms with Crippen LogP contribution in [0, 0.1) is 5.92 Å². The number of hydrogen-bond acceptors (Lipinski definition) is 4. The van der Waals surface area contributed by atoms with Crippen LogP contribution in [0.4, 0.5) is 0 Å². The third kappa shape index (κ3) is 3.39. The van der Waals surface area contributed by atoms with Crippen molar-refractivity contribution in [3.05, 3.63) is 23.8 Å². The van der Waals surface area contributed by atoms with Gasteiger partial charge in [0.25, 0.3) is 0 Å². The summed E-state index contributed by atoms with van der Waals surface area (Å²) < 4.78 is 32.4. The minimum Gasteiger partial charge on any atom is -0.495 e. The lowest BCUT2D eigenvalue weighted by atomic mass is 9.97. The summed E-state index contributed by atoms with van der Waals surface area (Å²) in [5.41, 5.74) is 0.635. The molecule has 2 rings (SSSR count). The van der Waals surface area contributed by atoms with Gasteiger partial charge in [0.1, 0.15) is 10.6 Å². The fourth-order valence-electron chi connectivity index (χ4n) is 2.74. The molecular weight excluding hydrogens is 290 g/mol. The molecule has 0 radical (unpaired) electrons. The largest absolute Gasteiger partial charge is 0.495 e. The zero-order valence-corrected chi connectivity index (χ0v) is 13.4. The molecule has 21 heavy (non-hydrogen) atoms. The van der Waals surface area contributed by atoms with Crippen LogP contribution in [0.25, 0.3) is 0 Å². The molecule has 0 spiro atoms. The number of sulfonamides is 1. The zero-order valence-electron chi connectivity index (χ0n) is 12.6. The van der Waals surface area contributed by atoms with E-state index in [1.165, 1.54) is 13.2 Å². The normalized spacial score (nSPS) is 20.4. The lowest BCUT2D eigenvalue weighted by Gasteiger charge is -2.31. The summed E-state index contributed by atoms with van der Waals surface area (Å²) in [7, 11) is -2.10. The summed E-state index contributed by atoms with van der Waals surface area (Å²) in [5.74, 6) is 0.719. The van der Waals surface area contributed by atoms with Gasteiger partial charge in [-0.1, -0.05) is 19.4 Å². The second kappa shape index (κ2) is 6.77. The number of aliphatic hydroxyl groups excluding tert-OH is 1. The average molecular weight is 313 g/mol. The number of piperidine rings is 1. The Labute approximate surface area is 126 Å². The highest BCUT2D eigenvalue weighted by atomic mass is 32.2. The maximum absolute atomic E-state index is 12.8. The van der Waals surface area contributed by atoms with Crippen LogP contribution >= 0.6 is 0 Å². The van der Waals surface area contributed by atoms with Gasteiger partial charge in [0.15, 0.2) is 0 Å². The van der Waals surface area contributed by atoms with Crippen molar-refractivity contribution in [1.29, 1.82) is 0 Å². The van der Waals surface area contributed by atoms with Crippen LogP contribution < -0.4 is 4.74 Å². The average Bonchev–Trinajstić information content (AvgIpc) is 2.54. The predicted octanol–water partition coefficient (Wildman–Crippen LogP) is 2.00. The summed E-state index contributed by atoms with van der Waals surface area (Å²) in [5, 5.41) is 9.15. The number of nitrogens with zero attached hydrogens (tertiary/aromatic N) is 1. The SMILES string of the molecule is CCC1CCCN(S(=O)(=O)c2ccc(CO)cc2OC)C1. The quantitative estimate of drug-likeness (QED) is 0.903. The topological polar surface area (TPSA) is 66.8 Å². The monoisotopic (exact) mass is 313 g/mol. The zero-order chi connectivity index (χ0) is 15.5. The first-order valence-electron chi connectivity index (χ1n) is 7.30. The van der Waals surface area contributed by atoms with Crippen LogP contribution in [0.5, 0.6) is 5.75 Å². The van der Waals surface area contributed by atoms with Crippen molar-refractivity contribution in [1.82, 2.24) is 4.31 Å². The molecule has 1 N–H and O–H groups in total. The van der Waals surface area contributed by atoms with Crippen molar-refractivity contribution in [2.45, 2.75) is 37.7 Å². The van der Waals surface area contributed by atoms with E-state index in [-0.39, 0.29) is 11.5 Å². The second-order valence-electron chi connectivity index (χ2n) is 5.42. The minimum absolute atomic E-state index is 0.141. The van der Waals surface area contributed by atoms with E-state index in [1.807, 2.05) is 0 Å². The van der Waals surface area contributed by atoms with Gasteiger partial charge in [-0.15, -0.1) is 0 Å². The van der Waals surface area contributed by atoms with Gasteiger partial charge in [-0.2, -0.15) is 4.31 Å². The van der Waals surface area contributed by atoms with E-state index in [9.17, 15) is 8.42 Å². The Bertz CT molecular complexity index is 585. The first-order valence-corrected chi connectivity index (χ1v) is 8.74. The number of benzene rings is 1. The Morgan fingerprint density at radius 3 is 2.81 bits per heavy atom. The Balaban J connectivity index is 2.35. The molecule has 0 bridgehead atoms. The van der Waals surface area contributed by atoms with Crippen molar-refractivity contribution < 1.29 is 18.3 Å². The standard InChI is InChI=1S/C15H23NO4S/c1-3-12-5-4-8-16(10-12)21(18,19)15-7-6-13(11-17)9-14(15)20-2/h6-7,9,12,17H,3-5,8,10-11H2,1-2H3. The molecule has 1 fully saturated rings. The summed E-state index contributed by atoms with van der Waals surface area (Å²) in [6.07, 6.45) is 2.98. The highest BCUT2D eigenvalue weighted by Gasteiger charge is 2.31. The van der Waals surface area contributed by atoms with Crippen LogP contribution in [0.2, 0.25) is 0 Å². The molecule has 1 aromatic rings. The molecule has 1 unspecified atom stereocenters. The molecule has 1 aliphatic heterocycles. The molecule has 0 aliphatic carbocycles. The summed E-state index contributed by atoms with van der Waals surface area (Å²) in [6, 6.07) is 4.72. The van der Waals surface area contributed by atoms with Gasteiger partial charge in [0.2, 0.25) is 10.0 Å². The van der Waals surface area contributed by atoms with Crippen LogP contribution in [0.3, 0.4) is 0 Å². The summed E-state index contributed by atoms with van der Waals surface area (Å²) in [4.78, 5) is 0.180. The van der Waals surface area contributed by atoms with E-state index >= 15 is 0 Å². The van der Waals surface area contributed by atoms with E-state index in [0.29, 0.717) is 30.3 Å². The molecule has 118 valence electrons. The van der Waals surface area contributed by atoms with Crippen LogP contribution in [0.15, 0.2) is 23.1 Å². The van der Waals surface area contributed by atoms with Crippen LogP contribution in [0.1, 0.15) is 31.7 Å². The molecule has 0 saturated carbocycles. The highest BCUT2D eigenvalue weighted by molar-refractivity contribution is 7.89. The van der Waals surface area contributed by atoms with Crippen molar-refractivity contribution in [3.63, 3.8) is 0 Å². The third-order valence-corrected chi connectivity index (χ3v) is 5.99. The van der Waals surface area contributed by atoms with Gasteiger partial charge in [0.05, 0.1) is 13.7 Å². The molecular formula is C15H23NO4S. The maximum atomic E-state index is 12.8. The van der Waals surface area contributed by atoms with Crippen LogP contribution in [-0.2, 0) is 16.6 Å². The molecule has 1 aromatic carbocycles. The fourth-order valence-corrected chi connectivity index (χ4v) is 4.43. The van der Waals surface area contributed by atoms with E-state index in [4.69, 9.17) is 9.84 Å². The molecule has 1 atom stereocenters. The first kappa shape index (κ1) is 16.3. The number of ether oxygens (including phenoxy) is 1. The summed E-state index contributed by atoms with van der Waals surface area (Å²) in [6.45, 7) is 3.09.